The summed E-state index contributed by atoms with van der Waals surface area (Å²) in [5.74, 6) is -0.925. The van der Waals surface area contributed by atoms with Gasteiger partial charge in [-0.15, -0.1) is 0 Å². The fourth-order valence-corrected chi connectivity index (χ4v) is 6.68. The zero-order chi connectivity index (χ0) is 34.8. The van der Waals surface area contributed by atoms with Crippen LogP contribution in [0.3, 0.4) is 0 Å². The third-order valence-electron chi connectivity index (χ3n) is 9.34. The third kappa shape index (κ3) is 6.19. The molecule has 0 radical (unpaired) electrons. The summed E-state index contributed by atoms with van der Waals surface area (Å²) in [5, 5.41) is 13.8. The second-order valence-corrected chi connectivity index (χ2v) is 12.4. The number of benzene rings is 6. The standard InChI is InChI=1S/C44H35NO5/c1-28-10-9-11-29(2)38(28)27-50-44(48)33-18-16-32(17-19-33)40-35(31-20-22-34(23-21-31)49-26-30-12-5-4-6-13-30)24-25-37-41(43(46)47)36-14-7-8-15-39(36)45(3)42(37)40/h4-25H,26-27H2,1-3H3. The molecule has 7 rings (SSSR count). The van der Waals surface area contributed by atoms with Gasteiger partial charge in [0.25, 0.3) is 0 Å². The molecular weight excluding hydrogens is 622 g/mol. The van der Waals surface area contributed by atoms with Gasteiger partial charge in [-0.25, -0.2) is 4.79 Å². The Bertz CT molecular complexity index is 2360. The molecule has 1 heterocycles. The van der Waals surface area contributed by atoms with Crippen molar-refractivity contribution in [2.45, 2.75) is 27.1 Å². The van der Waals surface area contributed by atoms with Crippen LogP contribution in [0.2, 0.25) is 0 Å². The third-order valence-corrected chi connectivity index (χ3v) is 9.34. The second kappa shape index (κ2) is 13.7. The van der Waals surface area contributed by atoms with Gasteiger partial charge in [0.1, 0.15) is 26.0 Å². The van der Waals surface area contributed by atoms with Crippen molar-refractivity contribution in [3.05, 3.63) is 167 Å². The van der Waals surface area contributed by atoms with Crippen molar-refractivity contribution in [2.75, 3.05) is 0 Å². The van der Waals surface area contributed by atoms with Gasteiger partial charge in [0.05, 0.1) is 27.9 Å². The number of aromatic nitrogens is 1. The summed E-state index contributed by atoms with van der Waals surface area (Å²) >= 11 is 0. The van der Waals surface area contributed by atoms with Crippen molar-refractivity contribution in [3.8, 4) is 28.0 Å². The van der Waals surface area contributed by atoms with E-state index in [4.69, 9.17) is 9.47 Å². The lowest BCUT2D eigenvalue weighted by Gasteiger charge is -2.17. The first kappa shape index (κ1) is 32.3. The number of ether oxygens (including phenoxy) is 2. The molecular formula is C44H35NO5. The minimum Gasteiger partial charge on any atom is -0.545 e. The maximum atomic E-state index is 13.2. The largest absolute Gasteiger partial charge is 0.545 e. The number of hydrogen-bond donors (Lipinski definition) is 0. The number of pyridine rings is 1. The SMILES string of the molecule is Cc1cccc(C)c1COC(=O)c1ccc(-c2c(-c3ccc(OCc4ccccc4)cc3)ccc3c(C(=O)[O-])c4ccccc4[n+](C)c23)cc1. The van der Waals surface area contributed by atoms with E-state index in [0.717, 1.165) is 61.3 Å². The number of carbonyl (C=O) groups excluding carboxylic acids is 2. The Morgan fingerprint density at radius 2 is 1.32 bits per heavy atom. The number of fused-ring (bicyclic) bond motifs is 2. The number of esters is 1. The van der Waals surface area contributed by atoms with E-state index in [9.17, 15) is 14.7 Å². The van der Waals surface area contributed by atoms with Gasteiger partial charge in [-0.3, -0.25) is 0 Å². The smallest absolute Gasteiger partial charge is 0.338 e. The summed E-state index contributed by atoms with van der Waals surface area (Å²) in [6, 6.07) is 42.4. The van der Waals surface area contributed by atoms with Crippen LogP contribution in [-0.4, -0.2) is 11.9 Å². The van der Waals surface area contributed by atoms with Crippen LogP contribution in [0.4, 0.5) is 0 Å². The normalized spacial score (nSPS) is 11.1. The van der Waals surface area contributed by atoms with Crippen molar-refractivity contribution < 1.29 is 28.7 Å². The molecule has 50 heavy (non-hydrogen) atoms. The maximum Gasteiger partial charge on any atom is 0.338 e. The zero-order valence-corrected chi connectivity index (χ0v) is 28.1. The first-order valence-electron chi connectivity index (χ1n) is 16.5. The summed E-state index contributed by atoms with van der Waals surface area (Å²) in [4.78, 5) is 25.9. The number of rotatable bonds is 9. The summed E-state index contributed by atoms with van der Waals surface area (Å²) in [7, 11) is 1.94. The molecule has 6 heteroatoms. The Balaban J connectivity index is 1.31. The Hall–Kier alpha value is -6.27. The quantitative estimate of drug-likeness (QED) is 0.0892. The van der Waals surface area contributed by atoms with Crippen LogP contribution in [-0.2, 0) is 25.0 Å². The van der Waals surface area contributed by atoms with Crippen LogP contribution in [0.15, 0.2) is 133 Å². The van der Waals surface area contributed by atoms with Crippen LogP contribution < -0.4 is 14.4 Å². The molecule has 0 spiro atoms. The first-order valence-corrected chi connectivity index (χ1v) is 16.5. The fraction of sp³-hybridized carbons (Fsp3) is 0.114. The minimum atomic E-state index is -1.24. The van der Waals surface area contributed by atoms with E-state index in [1.54, 1.807) is 18.2 Å². The van der Waals surface area contributed by atoms with Crippen molar-refractivity contribution in [3.63, 3.8) is 0 Å². The number of aryl methyl sites for hydroxylation is 3. The van der Waals surface area contributed by atoms with E-state index >= 15 is 0 Å². The van der Waals surface area contributed by atoms with Gasteiger partial charge >= 0.3 is 5.97 Å². The molecule has 0 saturated heterocycles. The van der Waals surface area contributed by atoms with E-state index in [1.165, 1.54) is 0 Å². The lowest BCUT2D eigenvalue weighted by molar-refractivity contribution is -0.617. The predicted molar refractivity (Wildman–Crippen MR) is 194 cm³/mol. The van der Waals surface area contributed by atoms with E-state index in [2.05, 4.69) is 0 Å². The maximum absolute atomic E-state index is 13.2. The van der Waals surface area contributed by atoms with Crippen LogP contribution in [0.1, 0.15) is 43.0 Å². The Morgan fingerprint density at radius 3 is 2.02 bits per heavy atom. The van der Waals surface area contributed by atoms with Gasteiger partial charge < -0.3 is 19.4 Å². The molecule has 0 fully saturated rings. The molecule has 0 amide bonds. The monoisotopic (exact) mass is 657 g/mol. The van der Waals surface area contributed by atoms with E-state index in [0.29, 0.717) is 22.9 Å². The predicted octanol–water partition coefficient (Wildman–Crippen LogP) is 8.07. The molecule has 0 aliphatic rings. The molecule has 1 aromatic heterocycles. The fourth-order valence-electron chi connectivity index (χ4n) is 6.68. The van der Waals surface area contributed by atoms with Crippen LogP contribution in [0, 0.1) is 13.8 Å². The molecule has 0 saturated carbocycles. The highest BCUT2D eigenvalue weighted by Gasteiger charge is 2.25. The molecule has 6 nitrogen and oxygen atoms in total. The Labute approximate surface area is 290 Å². The van der Waals surface area contributed by atoms with Gasteiger partial charge in [-0.05, 0) is 89.2 Å². The molecule has 0 aliphatic carbocycles. The van der Waals surface area contributed by atoms with Gasteiger partial charge in [0, 0.05) is 11.6 Å². The highest BCUT2D eigenvalue weighted by molar-refractivity contribution is 6.15. The number of carboxylic acids is 1. The Morgan fingerprint density at radius 1 is 0.660 bits per heavy atom. The van der Waals surface area contributed by atoms with Crippen molar-refractivity contribution >= 4 is 33.7 Å². The summed E-state index contributed by atoms with van der Waals surface area (Å²) in [6.07, 6.45) is 0. The number of carbonyl (C=O) groups is 2. The summed E-state index contributed by atoms with van der Waals surface area (Å²) in [6.45, 7) is 4.66. The zero-order valence-electron chi connectivity index (χ0n) is 28.1. The first-order chi connectivity index (χ1) is 24.3. The number of hydrogen-bond acceptors (Lipinski definition) is 5. The summed E-state index contributed by atoms with van der Waals surface area (Å²) < 4.78 is 13.8. The van der Waals surface area contributed by atoms with E-state index in [-0.39, 0.29) is 12.2 Å². The van der Waals surface area contributed by atoms with Gasteiger partial charge in [0.2, 0.25) is 11.0 Å². The summed E-state index contributed by atoms with van der Waals surface area (Å²) in [5.41, 5.74) is 9.73. The molecule has 0 bridgehead atoms. The number of nitrogens with zero attached hydrogens (tertiary/aromatic N) is 1. The average molecular weight is 658 g/mol. The Kier molecular flexibility index (Phi) is 8.84. The minimum absolute atomic E-state index is 0.137. The van der Waals surface area contributed by atoms with Crippen molar-refractivity contribution in [1.82, 2.24) is 0 Å². The highest BCUT2D eigenvalue weighted by Crippen LogP contribution is 2.40. The van der Waals surface area contributed by atoms with Crippen LogP contribution >= 0.6 is 0 Å². The van der Waals surface area contributed by atoms with E-state index < -0.39 is 11.9 Å². The molecule has 6 aromatic carbocycles. The lowest BCUT2D eigenvalue weighted by Crippen LogP contribution is -2.33. The molecule has 0 atom stereocenters. The number of carboxylic acid groups (broad SMARTS) is 1. The molecule has 0 aliphatic heterocycles. The lowest BCUT2D eigenvalue weighted by atomic mass is 9.89. The van der Waals surface area contributed by atoms with Crippen LogP contribution in [0.5, 0.6) is 5.75 Å². The highest BCUT2D eigenvalue weighted by atomic mass is 16.5. The van der Waals surface area contributed by atoms with Crippen molar-refractivity contribution in [2.24, 2.45) is 7.05 Å². The van der Waals surface area contributed by atoms with E-state index in [1.807, 2.05) is 141 Å². The van der Waals surface area contributed by atoms with Gasteiger partial charge in [0.15, 0.2) is 0 Å². The van der Waals surface area contributed by atoms with Crippen molar-refractivity contribution in [1.29, 1.82) is 0 Å². The topological polar surface area (TPSA) is 79.5 Å². The number of para-hydroxylation sites is 1. The molecule has 0 unspecified atom stereocenters. The number of aromatic carboxylic acids is 1. The van der Waals surface area contributed by atoms with Gasteiger partial charge in [-0.1, -0.05) is 91.0 Å². The second-order valence-electron chi connectivity index (χ2n) is 12.4. The molecule has 246 valence electrons. The van der Waals surface area contributed by atoms with Crippen LogP contribution in [0.25, 0.3) is 44.1 Å². The molecule has 7 aromatic rings. The molecule has 0 N–H and O–H groups in total. The van der Waals surface area contributed by atoms with Gasteiger partial charge in [-0.2, -0.15) is 4.57 Å². The average Bonchev–Trinajstić information content (AvgIpc) is 3.14.